The van der Waals surface area contributed by atoms with Crippen LogP contribution in [0.3, 0.4) is 0 Å². The van der Waals surface area contributed by atoms with E-state index in [4.69, 9.17) is 23.7 Å². The summed E-state index contributed by atoms with van der Waals surface area (Å²) in [5.41, 5.74) is 0.801. The van der Waals surface area contributed by atoms with Gasteiger partial charge >= 0.3 is 17.9 Å². The molecule has 0 aliphatic heterocycles. The van der Waals surface area contributed by atoms with Crippen molar-refractivity contribution in [3.8, 4) is 11.5 Å². The SMILES string of the molecule is C=C(C)C(=O)OCCOC(=O)C1=CCCC=C1C(=O)OCC(N=O)C(C)(C)Oc1ccc(C(C)(C)c2ccc(OCC(CC(C)C)N=O)cc2)cc1. The van der Waals surface area contributed by atoms with Gasteiger partial charge in [-0.3, -0.25) is 0 Å². The second-order valence-corrected chi connectivity index (χ2v) is 14.2. The first-order chi connectivity index (χ1) is 24.6. The third kappa shape index (κ3) is 11.7. The van der Waals surface area contributed by atoms with Gasteiger partial charge in [0.05, 0.1) is 11.1 Å². The monoisotopic (exact) mass is 718 g/mol. The highest BCUT2D eigenvalue weighted by atomic mass is 16.6. The molecule has 0 N–H and O–H groups in total. The molecule has 0 aromatic heterocycles. The average Bonchev–Trinajstić information content (AvgIpc) is 3.11. The van der Waals surface area contributed by atoms with Gasteiger partial charge in [-0.15, -0.1) is 0 Å². The standard InChI is InChI=1S/C40H50N2O10/c1-26(2)23-30(41-46)24-50-31-17-13-28(14-18-31)39(5,6)29-15-19-32(20-16-29)52-40(7,8)35(42-47)25-51-38(45)34-12-10-9-11-33(34)37(44)49-22-21-48-36(43)27(3)4/h11-20,26,30,35H,3,9-10,21-25H2,1-2,4-8H3. The van der Waals surface area contributed by atoms with Crippen LogP contribution < -0.4 is 9.47 Å². The second kappa shape index (κ2) is 18.9. The predicted molar refractivity (Wildman–Crippen MR) is 197 cm³/mol. The molecule has 2 atom stereocenters. The number of esters is 3. The maximum atomic E-state index is 13.1. The van der Waals surface area contributed by atoms with Crippen molar-refractivity contribution in [1.29, 1.82) is 0 Å². The summed E-state index contributed by atoms with van der Waals surface area (Å²) in [7, 11) is 0. The van der Waals surface area contributed by atoms with Crippen LogP contribution in [0.25, 0.3) is 0 Å². The third-order valence-corrected chi connectivity index (χ3v) is 8.66. The Balaban J connectivity index is 1.57. The highest BCUT2D eigenvalue weighted by Gasteiger charge is 2.36. The fourth-order valence-electron chi connectivity index (χ4n) is 5.45. The summed E-state index contributed by atoms with van der Waals surface area (Å²) in [4.78, 5) is 60.4. The van der Waals surface area contributed by atoms with Gasteiger partial charge in [-0.05, 0) is 81.3 Å². The molecule has 0 spiro atoms. The Morgan fingerprint density at radius 3 is 1.77 bits per heavy atom. The fourth-order valence-corrected chi connectivity index (χ4v) is 5.45. The van der Waals surface area contributed by atoms with E-state index < -0.39 is 35.6 Å². The van der Waals surface area contributed by atoms with Crippen molar-refractivity contribution < 1.29 is 38.1 Å². The lowest BCUT2D eigenvalue weighted by atomic mass is 9.78. The Morgan fingerprint density at radius 2 is 1.27 bits per heavy atom. The van der Waals surface area contributed by atoms with Gasteiger partial charge < -0.3 is 23.7 Å². The molecule has 1 aliphatic carbocycles. The number of benzene rings is 2. The van der Waals surface area contributed by atoms with E-state index in [2.05, 4.69) is 30.8 Å². The van der Waals surface area contributed by atoms with Crippen molar-refractivity contribution in [3.63, 3.8) is 0 Å². The Labute approximate surface area is 305 Å². The first kappa shape index (κ1) is 41.3. The zero-order valence-corrected chi connectivity index (χ0v) is 31.1. The lowest BCUT2D eigenvalue weighted by Gasteiger charge is -2.31. The van der Waals surface area contributed by atoms with Gasteiger partial charge in [-0.1, -0.05) is 81.0 Å². The van der Waals surface area contributed by atoms with E-state index in [-0.39, 0.29) is 48.6 Å². The summed E-state index contributed by atoms with van der Waals surface area (Å²) in [5, 5.41) is 6.38. The van der Waals surface area contributed by atoms with Gasteiger partial charge in [0.1, 0.15) is 49.6 Å². The summed E-state index contributed by atoms with van der Waals surface area (Å²) in [6, 6.07) is 13.8. The third-order valence-electron chi connectivity index (χ3n) is 8.66. The largest absolute Gasteiger partial charge is 0.491 e. The number of allylic oxidation sites excluding steroid dienone is 2. The van der Waals surface area contributed by atoms with Crippen LogP contribution in [-0.4, -0.2) is 62.0 Å². The lowest BCUT2D eigenvalue weighted by Crippen LogP contribution is -2.44. The van der Waals surface area contributed by atoms with Crippen LogP contribution in [0.15, 0.2) is 94.3 Å². The number of rotatable bonds is 20. The molecule has 52 heavy (non-hydrogen) atoms. The quantitative estimate of drug-likeness (QED) is 0.0437. The first-order valence-corrected chi connectivity index (χ1v) is 17.3. The number of nitrogens with zero attached hydrogens (tertiary/aromatic N) is 2. The molecule has 3 rings (SSSR count). The molecule has 0 saturated carbocycles. The molecule has 0 bridgehead atoms. The molecular weight excluding hydrogens is 668 g/mol. The number of hydrogen-bond donors (Lipinski definition) is 0. The maximum absolute atomic E-state index is 13.1. The molecule has 0 saturated heterocycles. The van der Waals surface area contributed by atoms with Gasteiger partial charge in [0.15, 0.2) is 6.04 Å². The van der Waals surface area contributed by atoms with E-state index in [1.165, 1.54) is 6.92 Å². The molecule has 1 aliphatic rings. The number of carbonyl (C=O) groups is 3. The van der Waals surface area contributed by atoms with Crippen molar-refractivity contribution in [3.05, 3.63) is 105 Å². The lowest BCUT2D eigenvalue weighted by molar-refractivity contribution is -0.147. The summed E-state index contributed by atoms with van der Waals surface area (Å²) in [5.74, 6) is -0.666. The number of nitroso groups, excluding NO2 is 2. The minimum atomic E-state index is -1.16. The van der Waals surface area contributed by atoms with Crippen molar-refractivity contribution in [2.45, 2.75) is 90.8 Å². The Hall–Kier alpha value is -5.13. The van der Waals surface area contributed by atoms with Gasteiger partial charge in [-0.2, -0.15) is 9.81 Å². The molecule has 280 valence electrons. The highest BCUT2D eigenvalue weighted by molar-refractivity contribution is 6.07. The van der Waals surface area contributed by atoms with Gasteiger partial charge in [-0.25, -0.2) is 14.4 Å². The van der Waals surface area contributed by atoms with Crippen molar-refractivity contribution in [2.75, 3.05) is 26.4 Å². The average molecular weight is 719 g/mol. The smallest absolute Gasteiger partial charge is 0.338 e. The minimum Gasteiger partial charge on any atom is -0.491 e. The zero-order chi connectivity index (χ0) is 38.5. The van der Waals surface area contributed by atoms with Gasteiger partial charge in [0.25, 0.3) is 0 Å². The molecule has 0 radical (unpaired) electrons. The molecule has 2 aromatic rings. The van der Waals surface area contributed by atoms with Crippen molar-refractivity contribution in [2.24, 2.45) is 16.3 Å². The molecular formula is C40H50N2O10. The van der Waals surface area contributed by atoms with Crippen LogP contribution in [-0.2, 0) is 34.0 Å². The van der Waals surface area contributed by atoms with Crippen molar-refractivity contribution in [1.82, 2.24) is 0 Å². The Bertz CT molecular complexity index is 1640. The summed E-state index contributed by atoms with van der Waals surface area (Å²) in [6.07, 6.45) is 4.85. The number of carbonyl (C=O) groups excluding carboxylic acids is 3. The molecule has 2 unspecified atom stereocenters. The maximum Gasteiger partial charge on any atom is 0.338 e. The normalized spacial score (nSPS) is 14.2. The number of hydrogen-bond acceptors (Lipinski definition) is 12. The van der Waals surface area contributed by atoms with E-state index in [1.54, 1.807) is 38.1 Å². The van der Waals surface area contributed by atoms with Crippen LogP contribution in [0.2, 0.25) is 0 Å². The van der Waals surface area contributed by atoms with Crippen LogP contribution in [0.4, 0.5) is 0 Å². The molecule has 12 heteroatoms. The molecule has 0 heterocycles. The number of ether oxygens (including phenoxy) is 5. The van der Waals surface area contributed by atoms with Crippen LogP contribution >= 0.6 is 0 Å². The summed E-state index contributed by atoms with van der Waals surface area (Å²) in [6.45, 7) is 16.1. The van der Waals surface area contributed by atoms with Crippen LogP contribution in [0.1, 0.15) is 78.9 Å². The topological polar surface area (TPSA) is 156 Å². The van der Waals surface area contributed by atoms with E-state index in [1.807, 2.05) is 50.2 Å². The second-order valence-electron chi connectivity index (χ2n) is 14.2. The molecule has 0 amide bonds. The first-order valence-electron chi connectivity index (χ1n) is 17.3. The zero-order valence-electron chi connectivity index (χ0n) is 31.1. The van der Waals surface area contributed by atoms with Crippen LogP contribution in [0, 0.1) is 15.7 Å². The molecule has 2 aromatic carbocycles. The van der Waals surface area contributed by atoms with E-state index >= 15 is 0 Å². The fraction of sp³-hybridized carbons (Fsp3) is 0.475. The summed E-state index contributed by atoms with van der Waals surface area (Å²) < 4.78 is 27.6. The van der Waals surface area contributed by atoms with Crippen LogP contribution in [0.5, 0.6) is 11.5 Å². The molecule has 0 fully saturated rings. The molecule has 12 nitrogen and oxygen atoms in total. The van der Waals surface area contributed by atoms with Crippen molar-refractivity contribution >= 4 is 17.9 Å². The Morgan fingerprint density at radius 1 is 0.750 bits per heavy atom. The van der Waals surface area contributed by atoms with E-state index in [9.17, 15) is 24.2 Å². The van der Waals surface area contributed by atoms with Gasteiger partial charge in [0.2, 0.25) is 0 Å². The highest BCUT2D eigenvalue weighted by Crippen LogP contribution is 2.34. The Kier molecular flexibility index (Phi) is 15.0. The predicted octanol–water partition coefficient (Wildman–Crippen LogP) is 7.72. The summed E-state index contributed by atoms with van der Waals surface area (Å²) >= 11 is 0. The van der Waals surface area contributed by atoms with E-state index in [0.717, 1.165) is 11.1 Å². The minimum absolute atomic E-state index is 0.0180. The van der Waals surface area contributed by atoms with E-state index in [0.29, 0.717) is 36.7 Å². The van der Waals surface area contributed by atoms with Gasteiger partial charge in [0, 0.05) is 11.0 Å².